The number of carbonyl (C=O) groups excluding carboxylic acids is 2. The van der Waals surface area contributed by atoms with E-state index in [4.69, 9.17) is 20.2 Å². The molecule has 10 nitrogen and oxygen atoms in total. The summed E-state index contributed by atoms with van der Waals surface area (Å²) in [6.45, 7) is 2.88. The number of aliphatic imine (C=N–C) groups is 1. The third-order valence-corrected chi connectivity index (χ3v) is 22.3. The Morgan fingerprint density at radius 1 is 0.889 bits per heavy atom. The van der Waals surface area contributed by atoms with Crippen molar-refractivity contribution in [3.63, 3.8) is 0 Å². The fourth-order valence-corrected chi connectivity index (χ4v) is 19.1. The van der Waals surface area contributed by atoms with E-state index < -0.39 is 12.2 Å². The van der Waals surface area contributed by atoms with Crippen LogP contribution < -0.4 is 15.8 Å². The van der Waals surface area contributed by atoms with Gasteiger partial charge in [-0.15, -0.1) is 0 Å². The Morgan fingerprint density at radius 3 is 2.47 bits per heavy atom. The van der Waals surface area contributed by atoms with Crippen LogP contribution in [0.25, 0.3) is 0 Å². The minimum Gasteiger partial charge on any atom is -0.504 e. The van der Waals surface area contributed by atoms with E-state index in [1.165, 1.54) is 56.6 Å². The maximum Gasteiger partial charge on any atom is 0.302 e. The van der Waals surface area contributed by atoms with E-state index in [9.17, 15) is 19.8 Å². The number of amides is 1. The number of nitrogens with one attached hydrogen (secondary N) is 1. The number of aliphatic hydroxyl groups excluding tert-OH is 1. The zero-order chi connectivity index (χ0) is 49.7. The molecule has 5 N–H and O–H groups in total. The summed E-state index contributed by atoms with van der Waals surface area (Å²) in [6.07, 6.45) is 22.2. The minimum absolute atomic E-state index is 0.0620. The van der Waals surface area contributed by atoms with Gasteiger partial charge in [-0.2, -0.15) is 0 Å². The van der Waals surface area contributed by atoms with Crippen molar-refractivity contribution < 1.29 is 29.3 Å². The summed E-state index contributed by atoms with van der Waals surface area (Å²) < 4.78 is 12.8. The maximum atomic E-state index is 14.7. The lowest BCUT2D eigenvalue weighted by molar-refractivity contribution is -0.148. The van der Waals surface area contributed by atoms with Crippen LogP contribution >= 0.6 is 21.6 Å². The van der Waals surface area contributed by atoms with Gasteiger partial charge in [-0.25, -0.2) is 0 Å². The molecular weight excluding hydrogens is 937 g/mol. The number of rotatable bonds is 5. The van der Waals surface area contributed by atoms with Gasteiger partial charge in [0, 0.05) is 67.1 Å². The zero-order valence-corrected chi connectivity index (χ0v) is 44.6. The predicted octanol–water partition coefficient (Wildman–Crippen LogP) is 12.0. The van der Waals surface area contributed by atoms with Crippen LogP contribution in [0.4, 0.5) is 0 Å². The summed E-state index contributed by atoms with van der Waals surface area (Å²) in [5.74, 6) is 3.39. The summed E-state index contributed by atoms with van der Waals surface area (Å²) in [7, 11) is 4.07. The van der Waals surface area contributed by atoms with Crippen LogP contribution in [0.15, 0.2) is 71.7 Å². The first-order valence-electron chi connectivity index (χ1n) is 28.2. The molecule has 1 saturated heterocycles. The van der Waals surface area contributed by atoms with Gasteiger partial charge < -0.3 is 35.6 Å². The predicted molar refractivity (Wildman–Crippen MR) is 291 cm³/mol. The molecule has 4 saturated carbocycles. The van der Waals surface area contributed by atoms with Crippen molar-refractivity contribution in [2.45, 2.75) is 197 Å². The molecule has 3 aromatic rings. The lowest BCUT2D eigenvalue weighted by Crippen LogP contribution is -2.55. The van der Waals surface area contributed by atoms with E-state index in [1.54, 1.807) is 0 Å². The fourth-order valence-electron chi connectivity index (χ4n) is 15.2. The first-order chi connectivity index (χ1) is 35.0. The summed E-state index contributed by atoms with van der Waals surface area (Å²) in [4.78, 5) is 34.4. The van der Waals surface area contributed by atoms with Crippen molar-refractivity contribution in [2.24, 2.45) is 39.3 Å². The number of carbonyl (C=O) groups is 2. The molecule has 4 bridgehead atoms. The van der Waals surface area contributed by atoms with E-state index in [-0.39, 0.29) is 57.8 Å². The van der Waals surface area contributed by atoms with E-state index >= 15 is 0 Å². The molecule has 10 rings (SSSR count). The van der Waals surface area contributed by atoms with Crippen LogP contribution in [0.1, 0.15) is 175 Å². The van der Waals surface area contributed by atoms with Crippen LogP contribution in [-0.4, -0.2) is 75.0 Å². The molecule has 390 valence electrons. The van der Waals surface area contributed by atoms with Crippen LogP contribution in [0.2, 0.25) is 0 Å². The smallest absolute Gasteiger partial charge is 0.302 e. The Bertz CT molecular complexity index is 2360. The SMILES string of the molecule is CC(=O)O[C@@H]1CCc2cc(c(O)c3c2CC[C@H]2CCC[C@H]2O3)CN2C[C@]3(CC2=O)[C@H](CC[C@@H]3c2ccccc2)CN=C(N)N[C@]2(CCCC23CCCC3)SSC[C@H](CCc2ccccc2)CCCC[C@H](O)C1. The Morgan fingerprint density at radius 2 is 1.67 bits per heavy atom. The molecule has 5 fully saturated rings. The molecule has 3 aliphatic heterocycles. The van der Waals surface area contributed by atoms with Crippen LogP contribution in [0, 0.1) is 28.6 Å². The zero-order valence-electron chi connectivity index (χ0n) is 43.0. The van der Waals surface area contributed by atoms with Crippen LogP contribution in [-0.2, 0) is 40.1 Å². The Hall–Kier alpha value is -3.87. The number of guanidine groups is 1. The summed E-state index contributed by atoms with van der Waals surface area (Å²) in [5.41, 5.74) is 12.4. The second-order valence-corrected chi connectivity index (χ2v) is 26.0. The quantitative estimate of drug-likeness (QED) is 0.144. The van der Waals surface area contributed by atoms with Crippen molar-refractivity contribution in [3.05, 3.63) is 94.5 Å². The van der Waals surface area contributed by atoms with Crippen molar-refractivity contribution in [1.29, 1.82) is 0 Å². The number of aryl methyl sites for hydroxylation is 2. The van der Waals surface area contributed by atoms with Gasteiger partial charge in [0.05, 0.1) is 6.10 Å². The monoisotopic (exact) mass is 1020 g/mol. The standard InChI is InChI=1S/C60H82N4O6S2/c1-41(65)69-50-27-24-46-34-47(55(68)56-51(46)28-25-45-19-12-21-53(45)70-56)38-64-40-59(36-54(64)67)48(26-29-52(59)44-17-6-3-7-18-44)37-62-57(61)63-60(33-13-32-58(60)30-10-11-31-58)72-71-39-43(16-8-9-20-49(66)35-50)23-22-42-14-4-2-5-15-42/h2-7,14-15,17-18,34,43,45,48-50,52-53,66,68H,8-13,16,19-33,35-40H2,1H3,(H3,61,62,63)/t43-,45+,48+,49-,50+,52+,53+,59+,60+/m0/s1. The largest absolute Gasteiger partial charge is 0.504 e. The Balaban J connectivity index is 0.981. The average Bonchev–Trinajstić information content (AvgIpc) is 4.21. The molecule has 7 aliphatic rings. The number of esters is 1. The number of aromatic hydroxyl groups is 1. The average molecular weight is 1020 g/mol. The topological polar surface area (TPSA) is 147 Å². The van der Waals surface area contributed by atoms with E-state index in [0.29, 0.717) is 74.3 Å². The van der Waals surface area contributed by atoms with Gasteiger partial charge in [0.2, 0.25) is 5.91 Å². The van der Waals surface area contributed by atoms with Gasteiger partial charge in [-0.05, 0) is 162 Å². The molecule has 72 heavy (non-hydrogen) atoms. The lowest BCUT2D eigenvalue weighted by atomic mass is 9.68. The molecule has 1 amide bonds. The number of aliphatic hydroxyl groups is 1. The third kappa shape index (κ3) is 11.2. The minimum atomic E-state index is -0.591. The molecule has 0 unspecified atom stereocenters. The number of benzene rings is 3. The van der Waals surface area contributed by atoms with Crippen LogP contribution in [0.3, 0.4) is 0 Å². The van der Waals surface area contributed by atoms with Gasteiger partial charge in [0.25, 0.3) is 0 Å². The lowest BCUT2D eigenvalue weighted by Gasteiger charge is -2.44. The molecule has 12 heteroatoms. The number of phenolic OH excluding ortho intramolecular Hbond substituents is 1. The van der Waals surface area contributed by atoms with E-state index in [0.717, 1.165) is 100 Å². The first kappa shape index (κ1) is 51.6. The second kappa shape index (κ2) is 22.9. The first-order valence-corrected chi connectivity index (χ1v) is 30.5. The molecule has 4 aliphatic carbocycles. The molecule has 3 spiro atoms. The van der Waals surface area contributed by atoms with Gasteiger partial charge in [0.15, 0.2) is 17.5 Å². The van der Waals surface area contributed by atoms with Gasteiger partial charge in [0.1, 0.15) is 17.1 Å². The highest BCUT2D eigenvalue weighted by Crippen LogP contribution is 2.63. The number of phenols is 1. The van der Waals surface area contributed by atoms with E-state index in [2.05, 4.69) is 72.0 Å². The Kier molecular flexibility index (Phi) is 16.4. The van der Waals surface area contributed by atoms with Crippen molar-refractivity contribution in [2.75, 3.05) is 18.8 Å². The number of nitrogens with two attached hydrogens (primary N) is 1. The fraction of sp³-hybridized carbons (Fsp3) is 0.650. The third-order valence-electron chi connectivity index (χ3n) is 19.0. The molecular formula is C60H82N4O6S2. The van der Waals surface area contributed by atoms with Crippen molar-refractivity contribution >= 4 is 39.4 Å². The van der Waals surface area contributed by atoms with Crippen molar-refractivity contribution in [1.82, 2.24) is 10.2 Å². The highest BCUT2D eigenvalue weighted by molar-refractivity contribution is 8.77. The number of hydrogen-bond donors (Lipinski definition) is 4. The number of nitrogens with zero attached hydrogens (tertiary/aromatic N) is 2. The molecule has 0 radical (unpaired) electrons. The van der Waals surface area contributed by atoms with Gasteiger partial charge >= 0.3 is 5.97 Å². The van der Waals surface area contributed by atoms with Gasteiger partial charge in [-0.1, -0.05) is 108 Å². The number of hydrogen-bond acceptors (Lipinski definition) is 11. The van der Waals surface area contributed by atoms with Crippen LogP contribution in [0.5, 0.6) is 11.5 Å². The highest BCUT2D eigenvalue weighted by Gasteiger charge is 2.58. The van der Waals surface area contributed by atoms with Crippen molar-refractivity contribution in [3.8, 4) is 11.5 Å². The van der Waals surface area contributed by atoms with Gasteiger partial charge in [-0.3, -0.25) is 14.6 Å². The summed E-state index contributed by atoms with van der Waals surface area (Å²) >= 11 is 0. The maximum absolute atomic E-state index is 14.7. The molecule has 0 aromatic heterocycles. The molecule has 9 atom stereocenters. The van der Waals surface area contributed by atoms with E-state index in [1.807, 2.05) is 26.5 Å². The molecule has 3 heterocycles. The summed E-state index contributed by atoms with van der Waals surface area (Å²) in [6, 6.07) is 23.8. The highest BCUT2D eigenvalue weighted by atomic mass is 33.1. The molecule has 3 aromatic carbocycles. The number of ether oxygens (including phenoxy) is 2. The summed E-state index contributed by atoms with van der Waals surface area (Å²) in [5, 5.41) is 27.9. The Labute approximate surface area is 437 Å². The normalized spacial score (nSPS) is 32.5. The number of fused-ring (bicyclic) bond motifs is 7. The second-order valence-electron chi connectivity index (χ2n) is 23.4.